The van der Waals surface area contributed by atoms with Crippen LogP contribution in [0.3, 0.4) is 0 Å². The lowest BCUT2D eigenvalue weighted by atomic mass is 10.1. The second kappa shape index (κ2) is 4.75. The van der Waals surface area contributed by atoms with E-state index < -0.39 is 0 Å². The summed E-state index contributed by atoms with van der Waals surface area (Å²) in [4.78, 5) is 11.1. The van der Waals surface area contributed by atoms with E-state index in [1.807, 2.05) is 6.92 Å². The number of nitrogens with zero attached hydrogens (tertiary/aromatic N) is 2. The molecule has 0 atom stereocenters. The molecule has 0 aliphatic heterocycles. The number of hydrogen-bond donors (Lipinski definition) is 0. The SMILES string of the molecule is Cc1ccc(F)c(-c2nc(Cl)c3c4c(sc3n2)CCC4)c1. The highest BCUT2D eigenvalue weighted by Gasteiger charge is 2.22. The molecule has 2 nitrogen and oxygen atoms in total. The van der Waals surface area contributed by atoms with Gasteiger partial charge in [0.25, 0.3) is 0 Å². The molecule has 0 fully saturated rings. The van der Waals surface area contributed by atoms with Crippen molar-refractivity contribution in [3.05, 3.63) is 45.2 Å². The standard InChI is InChI=1S/C16H12ClFN2S/c1-8-5-6-11(18)10(7-8)15-19-14(17)13-9-3-2-4-12(9)21-16(13)20-15/h5-7H,2-4H2,1H3. The lowest BCUT2D eigenvalue weighted by Crippen LogP contribution is -1.94. The molecule has 1 aromatic carbocycles. The number of aromatic nitrogens is 2. The van der Waals surface area contributed by atoms with Gasteiger partial charge in [-0.15, -0.1) is 11.3 Å². The summed E-state index contributed by atoms with van der Waals surface area (Å²) in [7, 11) is 0. The van der Waals surface area contributed by atoms with E-state index in [9.17, 15) is 4.39 Å². The molecule has 0 radical (unpaired) electrons. The smallest absolute Gasteiger partial charge is 0.165 e. The predicted octanol–water partition coefficient (Wildman–Crippen LogP) is 4.95. The largest absolute Gasteiger partial charge is 0.217 e. The Kier molecular flexibility index (Phi) is 2.98. The summed E-state index contributed by atoms with van der Waals surface area (Å²) >= 11 is 8.02. The van der Waals surface area contributed by atoms with Crippen molar-refractivity contribution in [3.63, 3.8) is 0 Å². The van der Waals surface area contributed by atoms with Crippen molar-refractivity contribution in [3.8, 4) is 11.4 Å². The molecule has 0 spiro atoms. The minimum absolute atomic E-state index is 0.319. The number of hydrogen-bond acceptors (Lipinski definition) is 3. The normalized spacial score (nSPS) is 13.9. The first kappa shape index (κ1) is 13.2. The topological polar surface area (TPSA) is 25.8 Å². The Morgan fingerprint density at radius 3 is 2.95 bits per heavy atom. The van der Waals surface area contributed by atoms with Crippen molar-refractivity contribution in [1.82, 2.24) is 9.97 Å². The van der Waals surface area contributed by atoms with Crippen molar-refractivity contribution in [2.45, 2.75) is 26.2 Å². The van der Waals surface area contributed by atoms with Crippen LogP contribution in [0.15, 0.2) is 18.2 Å². The molecule has 1 aliphatic rings. The van der Waals surface area contributed by atoms with Gasteiger partial charge >= 0.3 is 0 Å². The zero-order valence-electron chi connectivity index (χ0n) is 11.4. The molecule has 0 saturated carbocycles. The van der Waals surface area contributed by atoms with Crippen molar-refractivity contribution in [1.29, 1.82) is 0 Å². The number of aryl methyl sites for hydroxylation is 3. The third kappa shape index (κ3) is 2.05. The minimum atomic E-state index is -0.319. The van der Waals surface area contributed by atoms with Crippen LogP contribution in [0.4, 0.5) is 4.39 Å². The maximum absolute atomic E-state index is 14.0. The molecule has 3 aromatic rings. The van der Waals surface area contributed by atoms with Gasteiger partial charge in [0.05, 0.1) is 10.9 Å². The van der Waals surface area contributed by atoms with E-state index in [2.05, 4.69) is 9.97 Å². The van der Waals surface area contributed by atoms with Crippen LogP contribution >= 0.6 is 22.9 Å². The van der Waals surface area contributed by atoms with E-state index in [4.69, 9.17) is 11.6 Å². The zero-order chi connectivity index (χ0) is 14.6. The number of fused-ring (bicyclic) bond motifs is 3. The first-order valence-electron chi connectivity index (χ1n) is 6.88. The molecule has 4 rings (SSSR count). The summed E-state index contributed by atoms with van der Waals surface area (Å²) in [6.45, 7) is 1.92. The fraction of sp³-hybridized carbons (Fsp3) is 0.250. The molecule has 2 heterocycles. The highest BCUT2D eigenvalue weighted by molar-refractivity contribution is 7.19. The number of thiophene rings is 1. The van der Waals surface area contributed by atoms with E-state index in [0.717, 1.165) is 28.6 Å². The molecular weight excluding hydrogens is 307 g/mol. The van der Waals surface area contributed by atoms with Crippen LogP contribution in [0, 0.1) is 12.7 Å². The fourth-order valence-electron chi connectivity index (χ4n) is 2.88. The van der Waals surface area contributed by atoms with E-state index in [0.29, 0.717) is 16.5 Å². The molecule has 0 amide bonds. The first-order valence-corrected chi connectivity index (χ1v) is 8.07. The summed E-state index contributed by atoms with van der Waals surface area (Å²) < 4.78 is 14.0. The summed E-state index contributed by atoms with van der Waals surface area (Å²) in [5.74, 6) is 0.0498. The van der Waals surface area contributed by atoms with E-state index in [1.54, 1.807) is 23.5 Å². The first-order chi connectivity index (χ1) is 10.1. The Morgan fingerprint density at radius 2 is 2.10 bits per heavy atom. The van der Waals surface area contributed by atoms with Crippen molar-refractivity contribution in [2.24, 2.45) is 0 Å². The van der Waals surface area contributed by atoms with Crippen LogP contribution in [0.1, 0.15) is 22.4 Å². The summed E-state index contributed by atoms with van der Waals surface area (Å²) in [6.07, 6.45) is 3.29. The molecule has 0 unspecified atom stereocenters. The Hall–Kier alpha value is -1.52. The maximum Gasteiger partial charge on any atom is 0.165 e. The lowest BCUT2D eigenvalue weighted by Gasteiger charge is -2.05. The highest BCUT2D eigenvalue weighted by atomic mass is 35.5. The van der Waals surface area contributed by atoms with Crippen LogP contribution in [-0.4, -0.2) is 9.97 Å². The van der Waals surface area contributed by atoms with E-state index >= 15 is 0 Å². The average molecular weight is 319 g/mol. The van der Waals surface area contributed by atoms with Crippen LogP contribution in [0.2, 0.25) is 5.15 Å². The van der Waals surface area contributed by atoms with Crippen molar-refractivity contribution >= 4 is 33.2 Å². The van der Waals surface area contributed by atoms with Crippen LogP contribution < -0.4 is 0 Å². The monoisotopic (exact) mass is 318 g/mol. The minimum Gasteiger partial charge on any atom is -0.217 e. The van der Waals surface area contributed by atoms with Crippen LogP contribution in [0.5, 0.6) is 0 Å². The fourth-order valence-corrected chi connectivity index (χ4v) is 4.48. The van der Waals surface area contributed by atoms with Gasteiger partial charge in [-0.3, -0.25) is 0 Å². The Morgan fingerprint density at radius 1 is 1.24 bits per heavy atom. The second-order valence-electron chi connectivity index (χ2n) is 5.36. The lowest BCUT2D eigenvalue weighted by molar-refractivity contribution is 0.629. The summed E-state index contributed by atoms with van der Waals surface area (Å²) in [5.41, 5.74) is 2.67. The quantitative estimate of drug-likeness (QED) is 0.593. The van der Waals surface area contributed by atoms with Gasteiger partial charge in [-0.25, -0.2) is 14.4 Å². The van der Waals surface area contributed by atoms with Crippen LogP contribution in [0.25, 0.3) is 21.6 Å². The number of benzene rings is 1. The van der Waals surface area contributed by atoms with E-state index in [-0.39, 0.29) is 5.82 Å². The summed E-state index contributed by atoms with van der Waals surface area (Å²) in [6, 6.07) is 4.94. The van der Waals surface area contributed by atoms with Gasteiger partial charge in [0.2, 0.25) is 0 Å². The highest BCUT2D eigenvalue weighted by Crippen LogP contribution is 2.40. The number of rotatable bonds is 1. The van der Waals surface area contributed by atoms with Crippen molar-refractivity contribution < 1.29 is 4.39 Å². The third-order valence-electron chi connectivity index (χ3n) is 3.88. The second-order valence-corrected chi connectivity index (χ2v) is 6.80. The molecule has 0 N–H and O–H groups in total. The predicted molar refractivity (Wildman–Crippen MR) is 84.6 cm³/mol. The molecule has 0 bridgehead atoms. The molecular formula is C16H12ClFN2S. The Labute approximate surface area is 130 Å². The maximum atomic E-state index is 14.0. The molecule has 21 heavy (non-hydrogen) atoms. The molecule has 0 saturated heterocycles. The van der Waals surface area contributed by atoms with Crippen molar-refractivity contribution in [2.75, 3.05) is 0 Å². The summed E-state index contributed by atoms with van der Waals surface area (Å²) in [5, 5.41) is 1.40. The van der Waals surface area contributed by atoms with Gasteiger partial charge in [-0.05, 0) is 43.9 Å². The van der Waals surface area contributed by atoms with Gasteiger partial charge in [0.1, 0.15) is 15.8 Å². The van der Waals surface area contributed by atoms with Gasteiger partial charge in [-0.1, -0.05) is 23.2 Å². The third-order valence-corrected chi connectivity index (χ3v) is 5.34. The molecule has 106 valence electrons. The van der Waals surface area contributed by atoms with Gasteiger partial charge in [0, 0.05) is 4.88 Å². The molecule has 5 heteroatoms. The zero-order valence-corrected chi connectivity index (χ0v) is 13.0. The molecule has 1 aliphatic carbocycles. The Balaban J connectivity index is 1.97. The molecule has 2 aromatic heterocycles. The van der Waals surface area contributed by atoms with Gasteiger partial charge in [-0.2, -0.15) is 0 Å². The Bertz CT molecular complexity index is 872. The average Bonchev–Trinajstić information content (AvgIpc) is 3.01. The van der Waals surface area contributed by atoms with E-state index in [1.165, 1.54) is 22.9 Å². The van der Waals surface area contributed by atoms with Gasteiger partial charge in [0.15, 0.2) is 5.82 Å². The van der Waals surface area contributed by atoms with Gasteiger partial charge < -0.3 is 0 Å². The van der Waals surface area contributed by atoms with Crippen LogP contribution in [-0.2, 0) is 12.8 Å². The number of halogens is 2.